The van der Waals surface area contributed by atoms with Gasteiger partial charge in [-0.2, -0.15) is 5.43 Å². The van der Waals surface area contributed by atoms with Crippen LogP contribution in [-0.2, 0) is 9.53 Å². The highest BCUT2D eigenvalue weighted by molar-refractivity contribution is 6.43. The summed E-state index contributed by atoms with van der Waals surface area (Å²) in [5, 5.41) is 3.33. The molecule has 1 heterocycles. The summed E-state index contributed by atoms with van der Waals surface area (Å²) >= 11 is 0. The fraction of sp³-hybridized carbons (Fsp3) is 0.429. The molecule has 1 rings (SSSR count). The molecular weight excluding hydrogens is 163 g/mol. The van der Waals surface area contributed by atoms with Crippen LogP contribution in [0.5, 0.6) is 0 Å². The lowest BCUT2D eigenvalue weighted by Crippen LogP contribution is -2.16. The molecule has 0 amide bonds. The SMILES string of the molecule is CCOC(=O)C1=N[N]C(C)=C1F. The van der Waals surface area contributed by atoms with Gasteiger partial charge < -0.3 is 4.74 Å². The summed E-state index contributed by atoms with van der Waals surface area (Å²) in [5.74, 6) is -1.47. The Morgan fingerprint density at radius 3 is 2.75 bits per heavy atom. The van der Waals surface area contributed by atoms with Gasteiger partial charge in [0.2, 0.25) is 5.71 Å². The van der Waals surface area contributed by atoms with Gasteiger partial charge in [0.25, 0.3) is 0 Å². The van der Waals surface area contributed by atoms with Crippen molar-refractivity contribution in [3.8, 4) is 0 Å². The number of nitrogens with zero attached hydrogens (tertiary/aromatic N) is 2. The van der Waals surface area contributed by atoms with Crippen molar-refractivity contribution < 1.29 is 13.9 Å². The molecule has 0 aromatic carbocycles. The minimum Gasteiger partial charge on any atom is -0.461 e. The molecular formula is C7H8FN2O2. The maximum Gasteiger partial charge on any atom is 0.362 e. The zero-order chi connectivity index (χ0) is 9.14. The summed E-state index contributed by atoms with van der Waals surface area (Å²) in [6.45, 7) is 3.27. The molecule has 0 atom stereocenters. The van der Waals surface area contributed by atoms with E-state index in [-0.39, 0.29) is 18.0 Å². The third kappa shape index (κ3) is 1.44. The van der Waals surface area contributed by atoms with Crippen LogP contribution in [0.1, 0.15) is 13.8 Å². The maximum atomic E-state index is 12.9. The van der Waals surface area contributed by atoms with Crippen molar-refractivity contribution in [1.82, 2.24) is 5.43 Å². The summed E-state index contributed by atoms with van der Waals surface area (Å²) in [6.07, 6.45) is 0. The summed E-state index contributed by atoms with van der Waals surface area (Å²) in [7, 11) is 0. The van der Waals surface area contributed by atoms with Gasteiger partial charge in [-0.1, -0.05) is 0 Å². The molecule has 65 valence electrons. The predicted octanol–water partition coefficient (Wildman–Crippen LogP) is 0.725. The molecule has 0 fully saturated rings. The highest BCUT2D eigenvalue weighted by atomic mass is 19.1. The highest BCUT2D eigenvalue weighted by Crippen LogP contribution is 2.14. The third-order valence-electron chi connectivity index (χ3n) is 1.29. The van der Waals surface area contributed by atoms with E-state index in [9.17, 15) is 9.18 Å². The van der Waals surface area contributed by atoms with Crippen LogP contribution in [0.2, 0.25) is 0 Å². The monoisotopic (exact) mass is 171 g/mol. The summed E-state index contributed by atoms with van der Waals surface area (Å²) in [5.41, 5.74) is 3.16. The van der Waals surface area contributed by atoms with Crippen LogP contribution in [0.25, 0.3) is 0 Å². The first-order chi connectivity index (χ1) is 5.66. The van der Waals surface area contributed by atoms with Gasteiger partial charge in [0, 0.05) is 0 Å². The number of hydrogen-bond acceptors (Lipinski definition) is 3. The summed E-state index contributed by atoms with van der Waals surface area (Å²) in [6, 6.07) is 0. The van der Waals surface area contributed by atoms with Crippen molar-refractivity contribution >= 4 is 11.7 Å². The number of allylic oxidation sites excluding steroid dienone is 1. The third-order valence-corrected chi connectivity index (χ3v) is 1.29. The number of carbonyl (C=O) groups is 1. The average molecular weight is 171 g/mol. The molecule has 0 saturated carbocycles. The van der Waals surface area contributed by atoms with Crippen molar-refractivity contribution in [3.63, 3.8) is 0 Å². The molecule has 0 N–H and O–H groups in total. The lowest BCUT2D eigenvalue weighted by atomic mass is 10.3. The van der Waals surface area contributed by atoms with Gasteiger partial charge in [0.05, 0.1) is 12.3 Å². The number of carbonyl (C=O) groups excluding carboxylic acids is 1. The zero-order valence-corrected chi connectivity index (χ0v) is 6.80. The lowest BCUT2D eigenvalue weighted by molar-refractivity contribution is -0.135. The first-order valence-electron chi connectivity index (χ1n) is 3.49. The molecule has 0 aliphatic carbocycles. The van der Waals surface area contributed by atoms with E-state index in [1.807, 2.05) is 0 Å². The van der Waals surface area contributed by atoms with Gasteiger partial charge in [0.1, 0.15) is 0 Å². The number of rotatable bonds is 2. The molecule has 1 aliphatic heterocycles. The molecule has 4 nitrogen and oxygen atoms in total. The van der Waals surface area contributed by atoms with Gasteiger partial charge in [-0.05, 0) is 13.8 Å². The van der Waals surface area contributed by atoms with Crippen molar-refractivity contribution in [2.75, 3.05) is 6.61 Å². The molecule has 0 spiro atoms. The van der Waals surface area contributed by atoms with Crippen LogP contribution in [0.4, 0.5) is 4.39 Å². The normalized spacial score (nSPS) is 15.8. The molecule has 0 unspecified atom stereocenters. The largest absolute Gasteiger partial charge is 0.461 e. The smallest absolute Gasteiger partial charge is 0.362 e. The van der Waals surface area contributed by atoms with Crippen molar-refractivity contribution in [1.29, 1.82) is 0 Å². The number of halogens is 1. The van der Waals surface area contributed by atoms with Crippen LogP contribution in [0.15, 0.2) is 16.6 Å². The van der Waals surface area contributed by atoms with E-state index in [0.29, 0.717) is 0 Å². The molecule has 0 aromatic heterocycles. The Labute approximate surface area is 69.1 Å². The fourth-order valence-corrected chi connectivity index (χ4v) is 0.714. The molecule has 1 aliphatic rings. The van der Waals surface area contributed by atoms with Crippen molar-refractivity contribution in [2.45, 2.75) is 13.8 Å². The molecule has 1 radical (unpaired) electrons. The Morgan fingerprint density at radius 1 is 1.67 bits per heavy atom. The molecule has 0 saturated heterocycles. The standard InChI is InChI=1S/C7H8FN2O2/c1-3-12-7(11)6-5(8)4(2)9-10-6/h3H2,1-2H3. The van der Waals surface area contributed by atoms with E-state index >= 15 is 0 Å². The maximum absolute atomic E-state index is 12.9. The van der Waals surface area contributed by atoms with E-state index in [1.165, 1.54) is 6.92 Å². The van der Waals surface area contributed by atoms with E-state index < -0.39 is 11.8 Å². The Hall–Kier alpha value is -1.39. The minimum absolute atomic E-state index is 0.109. The predicted molar refractivity (Wildman–Crippen MR) is 40.0 cm³/mol. The molecule has 0 bridgehead atoms. The first kappa shape index (κ1) is 8.70. The van der Waals surface area contributed by atoms with Gasteiger partial charge in [-0.15, -0.1) is 5.10 Å². The zero-order valence-electron chi connectivity index (χ0n) is 6.80. The van der Waals surface area contributed by atoms with E-state index in [4.69, 9.17) is 0 Å². The van der Waals surface area contributed by atoms with Gasteiger partial charge in [-0.3, -0.25) is 0 Å². The second kappa shape index (κ2) is 3.34. The highest BCUT2D eigenvalue weighted by Gasteiger charge is 2.26. The number of esters is 1. The fourth-order valence-electron chi connectivity index (χ4n) is 0.714. The summed E-state index contributed by atoms with van der Waals surface area (Å²) < 4.78 is 17.5. The van der Waals surface area contributed by atoms with Crippen LogP contribution >= 0.6 is 0 Å². The van der Waals surface area contributed by atoms with E-state index in [1.54, 1.807) is 6.92 Å². The van der Waals surface area contributed by atoms with Gasteiger partial charge >= 0.3 is 5.97 Å². The summed E-state index contributed by atoms with van der Waals surface area (Å²) in [4.78, 5) is 10.9. The first-order valence-corrected chi connectivity index (χ1v) is 3.49. The van der Waals surface area contributed by atoms with Crippen LogP contribution in [0.3, 0.4) is 0 Å². The van der Waals surface area contributed by atoms with Crippen molar-refractivity contribution in [3.05, 3.63) is 11.5 Å². The molecule has 12 heavy (non-hydrogen) atoms. The minimum atomic E-state index is -0.768. The van der Waals surface area contributed by atoms with E-state index in [0.717, 1.165) is 0 Å². The Balaban J connectivity index is 2.72. The van der Waals surface area contributed by atoms with Gasteiger partial charge in [0.15, 0.2) is 5.83 Å². The topological polar surface area (TPSA) is 52.8 Å². The van der Waals surface area contributed by atoms with Crippen LogP contribution in [0, 0.1) is 0 Å². The number of hydrogen-bond donors (Lipinski definition) is 0. The van der Waals surface area contributed by atoms with E-state index in [2.05, 4.69) is 15.3 Å². The molecule has 5 heteroatoms. The Morgan fingerprint density at radius 2 is 2.33 bits per heavy atom. The van der Waals surface area contributed by atoms with Gasteiger partial charge in [-0.25, -0.2) is 9.18 Å². The van der Waals surface area contributed by atoms with Crippen LogP contribution in [-0.4, -0.2) is 18.3 Å². The quantitative estimate of drug-likeness (QED) is 0.575. The Kier molecular flexibility index (Phi) is 2.42. The van der Waals surface area contributed by atoms with Crippen molar-refractivity contribution in [2.24, 2.45) is 5.10 Å². The lowest BCUT2D eigenvalue weighted by Gasteiger charge is -1.97. The second-order valence-corrected chi connectivity index (χ2v) is 2.17. The second-order valence-electron chi connectivity index (χ2n) is 2.17. The van der Waals surface area contributed by atoms with Crippen LogP contribution < -0.4 is 5.43 Å². The average Bonchev–Trinajstić information content (AvgIpc) is 2.34. The molecule has 0 aromatic rings. The number of ether oxygens (including phenoxy) is 1. The Bertz CT molecular complexity index is 271.